The van der Waals surface area contributed by atoms with E-state index in [1.807, 2.05) is 50.2 Å². The number of nitrogens with zero attached hydrogens (tertiary/aromatic N) is 2. The van der Waals surface area contributed by atoms with Crippen LogP contribution in [0.25, 0.3) is 11.3 Å². The SMILES string of the molecule is Cc1ccc(C(=O)Nc2ccc(-c3ccn[nH]3)cc2)c(C)n1. The first-order chi connectivity index (χ1) is 10.6. The molecule has 3 aromatic rings. The summed E-state index contributed by atoms with van der Waals surface area (Å²) < 4.78 is 0. The number of amides is 1. The molecule has 0 saturated carbocycles. The maximum absolute atomic E-state index is 12.3. The lowest BCUT2D eigenvalue weighted by molar-refractivity contribution is 0.102. The predicted molar refractivity (Wildman–Crippen MR) is 85.7 cm³/mol. The molecule has 0 aliphatic carbocycles. The summed E-state index contributed by atoms with van der Waals surface area (Å²) in [5.74, 6) is -0.153. The van der Waals surface area contributed by atoms with E-state index in [1.54, 1.807) is 12.3 Å². The van der Waals surface area contributed by atoms with Gasteiger partial charge in [-0.05, 0) is 49.7 Å². The van der Waals surface area contributed by atoms with E-state index in [-0.39, 0.29) is 5.91 Å². The number of carbonyl (C=O) groups is 1. The number of rotatable bonds is 3. The third-order valence-corrected chi connectivity index (χ3v) is 3.42. The Labute approximate surface area is 128 Å². The van der Waals surface area contributed by atoms with Gasteiger partial charge in [0.1, 0.15) is 0 Å². The average molecular weight is 292 g/mol. The molecule has 0 fully saturated rings. The molecule has 0 radical (unpaired) electrons. The highest BCUT2D eigenvalue weighted by Gasteiger charge is 2.10. The van der Waals surface area contributed by atoms with Crippen LogP contribution in [0.3, 0.4) is 0 Å². The highest BCUT2D eigenvalue weighted by Crippen LogP contribution is 2.19. The van der Waals surface area contributed by atoms with Gasteiger partial charge in [0, 0.05) is 17.6 Å². The van der Waals surface area contributed by atoms with Crippen LogP contribution >= 0.6 is 0 Å². The molecule has 0 bridgehead atoms. The summed E-state index contributed by atoms with van der Waals surface area (Å²) in [6.45, 7) is 3.74. The first-order valence-electron chi connectivity index (χ1n) is 6.99. The van der Waals surface area contributed by atoms with Crippen molar-refractivity contribution in [2.24, 2.45) is 0 Å². The van der Waals surface area contributed by atoms with Crippen LogP contribution in [0.4, 0.5) is 5.69 Å². The number of aromatic nitrogens is 3. The Morgan fingerprint density at radius 1 is 1.05 bits per heavy atom. The zero-order chi connectivity index (χ0) is 15.5. The summed E-state index contributed by atoms with van der Waals surface area (Å²) in [7, 11) is 0. The van der Waals surface area contributed by atoms with Gasteiger partial charge in [-0.15, -0.1) is 0 Å². The first-order valence-corrected chi connectivity index (χ1v) is 6.99. The van der Waals surface area contributed by atoms with Gasteiger partial charge in [0.05, 0.1) is 17.0 Å². The van der Waals surface area contributed by atoms with E-state index < -0.39 is 0 Å². The summed E-state index contributed by atoms with van der Waals surface area (Å²) >= 11 is 0. The Bertz CT molecular complexity index is 792. The maximum Gasteiger partial charge on any atom is 0.257 e. The van der Waals surface area contributed by atoms with Gasteiger partial charge in [0.2, 0.25) is 0 Å². The highest BCUT2D eigenvalue weighted by molar-refractivity contribution is 6.05. The topological polar surface area (TPSA) is 70.7 Å². The Kier molecular flexibility index (Phi) is 3.70. The Morgan fingerprint density at radius 2 is 1.82 bits per heavy atom. The van der Waals surface area contributed by atoms with Gasteiger partial charge in [0.15, 0.2) is 0 Å². The van der Waals surface area contributed by atoms with E-state index in [9.17, 15) is 4.79 Å². The fourth-order valence-electron chi connectivity index (χ4n) is 2.27. The number of hydrogen-bond acceptors (Lipinski definition) is 3. The molecule has 0 aliphatic heterocycles. The van der Waals surface area contributed by atoms with Gasteiger partial charge < -0.3 is 5.32 Å². The molecule has 22 heavy (non-hydrogen) atoms. The molecule has 0 atom stereocenters. The molecule has 2 heterocycles. The molecule has 0 spiro atoms. The predicted octanol–water partition coefficient (Wildman–Crippen LogP) is 3.34. The molecule has 3 rings (SSSR count). The zero-order valence-electron chi connectivity index (χ0n) is 12.4. The third kappa shape index (κ3) is 2.88. The highest BCUT2D eigenvalue weighted by atomic mass is 16.1. The Balaban J connectivity index is 1.77. The van der Waals surface area contributed by atoms with Crippen molar-refractivity contribution in [1.29, 1.82) is 0 Å². The Morgan fingerprint density at radius 3 is 2.45 bits per heavy atom. The van der Waals surface area contributed by atoms with Crippen molar-refractivity contribution in [2.45, 2.75) is 13.8 Å². The monoisotopic (exact) mass is 292 g/mol. The lowest BCUT2D eigenvalue weighted by atomic mass is 10.1. The van der Waals surface area contributed by atoms with E-state index in [4.69, 9.17) is 0 Å². The van der Waals surface area contributed by atoms with Crippen LogP contribution in [0.15, 0.2) is 48.7 Å². The molecule has 1 aromatic carbocycles. The number of H-pyrrole nitrogens is 1. The Hall–Kier alpha value is -2.95. The van der Waals surface area contributed by atoms with Crippen molar-refractivity contribution < 1.29 is 4.79 Å². The molecular weight excluding hydrogens is 276 g/mol. The molecule has 5 heteroatoms. The van der Waals surface area contributed by atoms with Crippen molar-refractivity contribution in [3.8, 4) is 11.3 Å². The standard InChI is InChI=1S/C17H16N4O/c1-11-3-8-15(12(2)19-11)17(22)20-14-6-4-13(5-7-14)16-9-10-18-21-16/h3-10H,1-2H3,(H,18,21)(H,20,22). The van der Waals surface area contributed by atoms with E-state index >= 15 is 0 Å². The number of nitrogens with one attached hydrogen (secondary N) is 2. The van der Waals surface area contributed by atoms with Gasteiger partial charge in [-0.2, -0.15) is 5.10 Å². The minimum absolute atomic E-state index is 0.153. The number of anilines is 1. The van der Waals surface area contributed by atoms with Crippen molar-refractivity contribution in [1.82, 2.24) is 15.2 Å². The lowest BCUT2D eigenvalue weighted by Gasteiger charge is -2.08. The largest absolute Gasteiger partial charge is 0.322 e. The molecule has 110 valence electrons. The van der Waals surface area contributed by atoms with Crippen LogP contribution in [0, 0.1) is 13.8 Å². The molecule has 0 unspecified atom stereocenters. The molecular formula is C17H16N4O. The van der Waals surface area contributed by atoms with Gasteiger partial charge in [-0.25, -0.2) is 0 Å². The minimum atomic E-state index is -0.153. The van der Waals surface area contributed by atoms with Gasteiger partial charge in [-0.1, -0.05) is 12.1 Å². The van der Waals surface area contributed by atoms with Gasteiger partial charge in [-0.3, -0.25) is 14.9 Å². The molecule has 1 amide bonds. The second-order valence-electron chi connectivity index (χ2n) is 5.09. The summed E-state index contributed by atoms with van der Waals surface area (Å²) in [5.41, 5.74) is 4.92. The van der Waals surface area contributed by atoms with Gasteiger partial charge >= 0.3 is 0 Å². The summed E-state index contributed by atoms with van der Waals surface area (Å²) in [6.07, 6.45) is 1.71. The fourth-order valence-corrected chi connectivity index (χ4v) is 2.27. The number of aromatic amines is 1. The first kappa shape index (κ1) is 14.0. The quantitative estimate of drug-likeness (QED) is 0.777. The van der Waals surface area contributed by atoms with Crippen LogP contribution in [0.5, 0.6) is 0 Å². The van der Waals surface area contributed by atoms with Crippen molar-refractivity contribution in [3.05, 3.63) is 65.6 Å². The van der Waals surface area contributed by atoms with Gasteiger partial charge in [0.25, 0.3) is 5.91 Å². The van der Waals surface area contributed by atoms with Crippen LogP contribution in [-0.2, 0) is 0 Å². The number of pyridine rings is 1. The fraction of sp³-hybridized carbons (Fsp3) is 0.118. The smallest absolute Gasteiger partial charge is 0.257 e. The van der Waals surface area contributed by atoms with Crippen LogP contribution in [0.1, 0.15) is 21.7 Å². The molecule has 2 N–H and O–H groups in total. The summed E-state index contributed by atoms with van der Waals surface area (Å²) in [5, 5.41) is 9.72. The third-order valence-electron chi connectivity index (χ3n) is 3.42. The number of benzene rings is 1. The minimum Gasteiger partial charge on any atom is -0.322 e. The molecule has 0 saturated heterocycles. The van der Waals surface area contributed by atoms with E-state index in [0.29, 0.717) is 5.56 Å². The lowest BCUT2D eigenvalue weighted by Crippen LogP contribution is -2.14. The second kappa shape index (κ2) is 5.81. The number of aryl methyl sites for hydroxylation is 2. The number of carbonyl (C=O) groups excluding carboxylic acids is 1. The van der Waals surface area contributed by atoms with Crippen molar-refractivity contribution >= 4 is 11.6 Å². The van der Waals surface area contributed by atoms with Crippen LogP contribution in [-0.4, -0.2) is 21.1 Å². The normalized spacial score (nSPS) is 10.5. The number of hydrogen-bond donors (Lipinski definition) is 2. The van der Waals surface area contributed by atoms with Crippen molar-refractivity contribution in [3.63, 3.8) is 0 Å². The second-order valence-corrected chi connectivity index (χ2v) is 5.09. The van der Waals surface area contributed by atoms with Crippen LogP contribution < -0.4 is 5.32 Å². The van der Waals surface area contributed by atoms with Crippen LogP contribution in [0.2, 0.25) is 0 Å². The summed E-state index contributed by atoms with van der Waals surface area (Å²) in [6, 6.07) is 13.1. The van der Waals surface area contributed by atoms with E-state index in [2.05, 4.69) is 20.5 Å². The van der Waals surface area contributed by atoms with E-state index in [0.717, 1.165) is 28.3 Å². The average Bonchev–Trinajstić information content (AvgIpc) is 3.02. The summed E-state index contributed by atoms with van der Waals surface area (Å²) in [4.78, 5) is 16.6. The molecule has 2 aromatic heterocycles. The molecule has 5 nitrogen and oxygen atoms in total. The van der Waals surface area contributed by atoms with E-state index in [1.165, 1.54) is 0 Å². The molecule has 0 aliphatic rings. The van der Waals surface area contributed by atoms with Crippen molar-refractivity contribution in [2.75, 3.05) is 5.32 Å². The maximum atomic E-state index is 12.3. The zero-order valence-corrected chi connectivity index (χ0v) is 12.4.